The van der Waals surface area contributed by atoms with Gasteiger partial charge in [-0.05, 0) is 38.3 Å². The van der Waals surface area contributed by atoms with Gasteiger partial charge in [-0.2, -0.15) is 9.61 Å². The quantitative estimate of drug-likeness (QED) is 0.526. The van der Waals surface area contributed by atoms with Gasteiger partial charge in [0.15, 0.2) is 5.65 Å². The molecule has 8 heteroatoms. The van der Waals surface area contributed by atoms with Crippen molar-refractivity contribution in [2.75, 3.05) is 43.5 Å². The van der Waals surface area contributed by atoms with Crippen molar-refractivity contribution in [2.45, 2.75) is 39.2 Å². The SMILES string of the molecule is CCc1cnn2c(NCc3ccc(OCCNC)nc3)cc(N3CCCCC3)nc12. The van der Waals surface area contributed by atoms with Gasteiger partial charge in [-0.3, -0.25) is 0 Å². The van der Waals surface area contributed by atoms with Crippen molar-refractivity contribution in [1.29, 1.82) is 0 Å². The van der Waals surface area contributed by atoms with Gasteiger partial charge in [-0.25, -0.2) is 9.97 Å². The van der Waals surface area contributed by atoms with Gasteiger partial charge in [0, 0.05) is 50.1 Å². The molecule has 0 amide bonds. The first-order valence-electron chi connectivity index (χ1n) is 10.9. The van der Waals surface area contributed by atoms with E-state index in [1.165, 1.54) is 24.8 Å². The van der Waals surface area contributed by atoms with Crippen LogP contribution in [0.4, 0.5) is 11.6 Å². The van der Waals surface area contributed by atoms with Crippen molar-refractivity contribution in [3.63, 3.8) is 0 Å². The van der Waals surface area contributed by atoms with Gasteiger partial charge in [0.1, 0.15) is 18.2 Å². The molecule has 1 fully saturated rings. The van der Waals surface area contributed by atoms with Crippen LogP contribution in [0, 0.1) is 0 Å². The summed E-state index contributed by atoms with van der Waals surface area (Å²) in [6.45, 7) is 6.34. The Morgan fingerprint density at radius 2 is 2.00 bits per heavy atom. The highest BCUT2D eigenvalue weighted by Crippen LogP contribution is 2.25. The molecule has 0 spiro atoms. The minimum absolute atomic E-state index is 0.606. The number of piperidine rings is 1. The summed E-state index contributed by atoms with van der Waals surface area (Å²) >= 11 is 0. The van der Waals surface area contributed by atoms with Gasteiger partial charge in [0.25, 0.3) is 0 Å². The molecule has 8 nitrogen and oxygen atoms in total. The molecule has 0 saturated carbocycles. The standard InChI is InChI=1S/C22H31N7O/c1-3-18-16-26-29-19(13-20(27-22(18)29)28-10-5-4-6-11-28)24-14-17-7-8-21(25-15-17)30-12-9-23-2/h7-8,13,15-16,23-24H,3-6,9-12,14H2,1-2H3. The average molecular weight is 410 g/mol. The Morgan fingerprint density at radius 1 is 1.13 bits per heavy atom. The number of pyridine rings is 1. The molecule has 0 aromatic carbocycles. The second kappa shape index (κ2) is 9.75. The Morgan fingerprint density at radius 3 is 2.73 bits per heavy atom. The van der Waals surface area contributed by atoms with Crippen molar-refractivity contribution in [1.82, 2.24) is 24.9 Å². The van der Waals surface area contributed by atoms with Crippen LogP contribution in [-0.4, -0.2) is 52.9 Å². The topological polar surface area (TPSA) is 79.6 Å². The van der Waals surface area contributed by atoms with E-state index in [9.17, 15) is 0 Å². The number of hydrogen-bond acceptors (Lipinski definition) is 7. The molecule has 0 radical (unpaired) electrons. The summed E-state index contributed by atoms with van der Waals surface area (Å²) in [5.41, 5.74) is 3.19. The Labute approximate surface area is 177 Å². The Balaban J connectivity index is 1.52. The maximum Gasteiger partial charge on any atom is 0.213 e. The lowest BCUT2D eigenvalue weighted by molar-refractivity contribution is 0.306. The van der Waals surface area contributed by atoms with Crippen molar-refractivity contribution < 1.29 is 4.74 Å². The summed E-state index contributed by atoms with van der Waals surface area (Å²) in [7, 11) is 1.90. The molecule has 0 bridgehead atoms. The van der Waals surface area contributed by atoms with Crippen LogP contribution in [0.2, 0.25) is 0 Å². The van der Waals surface area contributed by atoms with Crippen molar-refractivity contribution in [3.8, 4) is 5.88 Å². The normalized spacial score (nSPS) is 14.3. The summed E-state index contributed by atoms with van der Waals surface area (Å²) in [4.78, 5) is 11.7. The highest BCUT2D eigenvalue weighted by molar-refractivity contribution is 5.61. The number of ether oxygens (including phenoxy) is 1. The fourth-order valence-electron chi connectivity index (χ4n) is 3.71. The molecule has 0 atom stereocenters. The van der Waals surface area contributed by atoms with E-state index in [-0.39, 0.29) is 0 Å². The third kappa shape index (κ3) is 4.64. The van der Waals surface area contributed by atoms with E-state index in [1.54, 1.807) is 0 Å². The van der Waals surface area contributed by atoms with E-state index >= 15 is 0 Å². The molecule has 2 N–H and O–H groups in total. The summed E-state index contributed by atoms with van der Waals surface area (Å²) < 4.78 is 7.51. The van der Waals surface area contributed by atoms with Crippen molar-refractivity contribution in [3.05, 3.63) is 41.7 Å². The fraction of sp³-hybridized carbons (Fsp3) is 0.500. The molecule has 3 aromatic rings. The number of nitrogens with zero attached hydrogens (tertiary/aromatic N) is 5. The molecule has 0 unspecified atom stereocenters. The number of aromatic nitrogens is 4. The first kappa shape index (κ1) is 20.4. The maximum absolute atomic E-state index is 5.60. The van der Waals surface area contributed by atoms with Crippen LogP contribution in [0.1, 0.15) is 37.3 Å². The molecule has 1 aliphatic heterocycles. The van der Waals surface area contributed by atoms with Crippen LogP contribution in [0.15, 0.2) is 30.6 Å². The highest BCUT2D eigenvalue weighted by Gasteiger charge is 2.17. The third-order valence-corrected chi connectivity index (χ3v) is 5.47. The lowest BCUT2D eigenvalue weighted by Gasteiger charge is -2.28. The Hall–Kier alpha value is -2.87. The summed E-state index contributed by atoms with van der Waals surface area (Å²) in [6.07, 6.45) is 8.45. The van der Waals surface area contributed by atoms with E-state index in [2.05, 4.69) is 38.6 Å². The maximum atomic E-state index is 5.60. The zero-order valence-electron chi connectivity index (χ0n) is 17.9. The number of rotatable bonds is 9. The number of fused-ring (bicyclic) bond motifs is 1. The molecule has 1 aliphatic rings. The minimum atomic E-state index is 0.606. The Bertz CT molecular complexity index is 948. The number of aryl methyl sites for hydroxylation is 1. The number of hydrogen-bond donors (Lipinski definition) is 2. The number of likely N-dealkylation sites (N-methyl/N-ethyl adjacent to an activating group) is 1. The van der Waals surface area contributed by atoms with E-state index in [4.69, 9.17) is 9.72 Å². The largest absolute Gasteiger partial charge is 0.476 e. The van der Waals surface area contributed by atoms with E-state index in [0.29, 0.717) is 19.0 Å². The summed E-state index contributed by atoms with van der Waals surface area (Å²) in [5, 5.41) is 11.2. The molecular weight excluding hydrogens is 378 g/mol. The van der Waals surface area contributed by atoms with Crippen LogP contribution in [0.5, 0.6) is 5.88 Å². The predicted octanol–water partition coefficient (Wildman–Crippen LogP) is 2.89. The summed E-state index contributed by atoms with van der Waals surface area (Å²) in [6, 6.07) is 6.07. The van der Waals surface area contributed by atoms with Crippen molar-refractivity contribution >= 4 is 17.3 Å². The lowest BCUT2D eigenvalue weighted by atomic mass is 10.1. The van der Waals surface area contributed by atoms with Crippen molar-refractivity contribution in [2.24, 2.45) is 0 Å². The number of nitrogens with one attached hydrogen (secondary N) is 2. The second-order valence-corrected chi connectivity index (χ2v) is 7.62. The molecule has 4 rings (SSSR count). The third-order valence-electron chi connectivity index (χ3n) is 5.47. The molecule has 1 saturated heterocycles. The molecule has 4 heterocycles. The van der Waals surface area contributed by atoms with E-state index < -0.39 is 0 Å². The van der Waals surface area contributed by atoms with Gasteiger partial charge in [-0.15, -0.1) is 0 Å². The second-order valence-electron chi connectivity index (χ2n) is 7.62. The van der Waals surface area contributed by atoms with Gasteiger partial charge in [-0.1, -0.05) is 13.0 Å². The summed E-state index contributed by atoms with van der Waals surface area (Å²) in [5.74, 6) is 2.63. The van der Waals surface area contributed by atoms with Crippen LogP contribution in [0.3, 0.4) is 0 Å². The van der Waals surface area contributed by atoms with Crippen LogP contribution >= 0.6 is 0 Å². The minimum Gasteiger partial charge on any atom is -0.476 e. The molecule has 30 heavy (non-hydrogen) atoms. The monoisotopic (exact) mass is 409 g/mol. The molecular formula is C22H31N7O. The van der Waals surface area contributed by atoms with E-state index in [0.717, 1.165) is 48.9 Å². The first-order valence-corrected chi connectivity index (χ1v) is 10.9. The first-order chi connectivity index (χ1) is 14.8. The van der Waals surface area contributed by atoms with Gasteiger partial charge < -0.3 is 20.3 Å². The van der Waals surface area contributed by atoms with Gasteiger partial charge in [0.05, 0.1) is 6.20 Å². The van der Waals surface area contributed by atoms with Gasteiger partial charge >= 0.3 is 0 Å². The van der Waals surface area contributed by atoms with E-state index in [1.807, 2.05) is 36.1 Å². The fourth-order valence-corrected chi connectivity index (χ4v) is 3.71. The zero-order chi connectivity index (χ0) is 20.8. The van der Waals surface area contributed by atoms with Crippen LogP contribution < -0.4 is 20.3 Å². The smallest absolute Gasteiger partial charge is 0.213 e. The molecule has 160 valence electrons. The molecule has 3 aromatic heterocycles. The lowest BCUT2D eigenvalue weighted by Crippen LogP contribution is -2.30. The van der Waals surface area contributed by atoms with Crippen LogP contribution in [0.25, 0.3) is 5.65 Å². The Kier molecular flexibility index (Phi) is 6.63. The highest BCUT2D eigenvalue weighted by atomic mass is 16.5. The number of anilines is 2. The van der Waals surface area contributed by atoms with Gasteiger partial charge in [0.2, 0.25) is 5.88 Å². The predicted molar refractivity (Wildman–Crippen MR) is 119 cm³/mol. The van der Waals surface area contributed by atoms with Crippen LogP contribution in [-0.2, 0) is 13.0 Å². The molecule has 0 aliphatic carbocycles. The zero-order valence-corrected chi connectivity index (χ0v) is 17.9. The average Bonchev–Trinajstić information content (AvgIpc) is 3.22.